The molecule has 136 valence electrons. The van der Waals surface area contributed by atoms with Gasteiger partial charge in [0.2, 0.25) is 10.0 Å². The monoisotopic (exact) mass is 392 g/mol. The number of hydrogen-bond acceptors (Lipinski definition) is 4. The lowest BCUT2D eigenvalue weighted by Crippen LogP contribution is -2.48. The number of H-pyrrole nitrogens is 2. The third kappa shape index (κ3) is 3.11. The summed E-state index contributed by atoms with van der Waals surface area (Å²) in [6.45, 7) is 1.94. The van der Waals surface area contributed by atoms with Gasteiger partial charge in [0.25, 0.3) is 0 Å². The van der Waals surface area contributed by atoms with Gasteiger partial charge in [-0.2, -0.15) is 4.31 Å². The van der Waals surface area contributed by atoms with Crippen molar-refractivity contribution in [3.8, 4) is 0 Å². The maximum absolute atomic E-state index is 12.9. The summed E-state index contributed by atoms with van der Waals surface area (Å²) in [5.41, 5.74) is 1.69. The molecule has 9 heteroatoms. The van der Waals surface area contributed by atoms with Gasteiger partial charge in [0, 0.05) is 36.9 Å². The van der Waals surface area contributed by atoms with Crippen LogP contribution in [-0.4, -0.2) is 48.9 Å². The Balaban J connectivity index is 1.54. The maximum Gasteiger partial charge on any atom is 0.323 e. The average molecular weight is 393 g/mol. The Bertz CT molecular complexity index is 1110. The number of anilines is 1. The molecule has 1 aliphatic heterocycles. The number of aromatic nitrogens is 2. The molecule has 1 aromatic heterocycles. The first-order valence-corrected chi connectivity index (χ1v) is 9.98. The van der Waals surface area contributed by atoms with E-state index in [2.05, 4.69) is 14.9 Å². The van der Waals surface area contributed by atoms with Crippen molar-refractivity contribution < 1.29 is 8.42 Å². The molecule has 0 radical (unpaired) electrons. The summed E-state index contributed by atoms with van der Waals surface area (Å²) in [4.78, 5) is 18.9. The molecule has 1 aliphatic rings. The lowest BCUT2D eigenvalue weighted by atomic mass is 10.2. The summed E-state index contributed by atoms with van der Waals surface area (Å²) >= 11 is 6.03. The van der Waals surface area contributed by atoms with Crippen molar-refractivity contribution in [1.82, 2.24) is 14.3 Å². The van der Waals surface area contributed by atoms with Gasteiger partial charge in [-0.05, 0) is 36.4 Å². The van der Waals surface area contributed by atoms with Gasteiger partial charge in [0.15, 0.2) is 0 Å². The van der Waals surface area contributed by atoms with Gasteiger partial charge in [-0.25, -0.2) is 13.2 Å². The average Bonchev–Trinajstić information content (AvgIpc) is 3.01. The largest absolute Gasteiger partial charge is 0.369 e. The number of sulfonamides is 1. The van der Waals surface area contributed by atoms with Crippen LogP contribution in [0, 0.1) is 0 Å². The van der Waals surface area contributed by atoms with Crippen LogP contribution in [0.2, 0.25) is 5.02 Å². The highest BCUT2D eigenvalue weighted by Gasteiger charge is 2.29. The van der Waals surface area contributed by atoms with Crippen LogP contribution < -0.4 is 10.6 Å². The second-order valence-electron chi connectivity index (χ2n) is 6.16. The lowest BCUT2D eigenvalue weighted by Gasteiger charge is -2.35. The number of hydrogen-bond donors (Lipinski definition) is 2. The zero-order chi connectivity index (χ0) is 18.3. The first kappa shape index (κ1) is 17.1. The van der Waals surface area contributed by atoms with Crippen molar-refractivity contribution in [1.29, 1.82) is 0 Å². The third-order valence-electron chi connectivity index (χ3n) is 4.54. The fourth-order valence-electron chi connectivity index (χ4n) is 3.18. The Labute approximate surface area is 155 Å². The number of fused-ring (bicyclic) bond motifs is 1. The minimum atomic E-state index is -3.61. The van der Waals surface area contributed by atoms with E-state index >= 15 is 0 Å². The van der Waals surface area contributed by atoms with E-state index < -0.39 is 10.0 Å². The highest BCUT2D eigenvalue weighted by molar-refractivity contribution is 7.89. The van der Waals surface area contributed by atoms with Crippen LogP contribution in [0.3, 0.4) is 0 Å². The van der Waals surface area contributed by atoms with Gasteiger partial charge in [0.05, 0.1) is 15.9 Å². The summed E-state index contributed by atoms with van der Waals surface area (Å²) in [5.74, 6) is 0. The van der Waals surface area contributed by atoms with Crippen molar-refractivity contribution in [3.05, 3.63) is 58.0 Å². The minimum Gasteiger partial charge on any atom is -0.369 e. The summed E-state index contributed by atoms with van der Waals surface area (Å²) in [6, 6.07) is 12.1. The molecule has 4 rings (SSSR count). The molecule has 0 amide bonds. The molecule has 1 saturated heterocycles. The fraction of sp³-hybridized carbons (Fsp3) is 0.235. The van der Waals surface area contributed by atoms with Crippen LogP contribution in [-0.2, 0) is 10.0 Å². The first-order chi connectivity index (χ1) is 12.4. The van der Waals surface area contributed by atoms with Crippen molar-refractivity contribution >= 4 is 38.3 Å². The van der Waals surface area contributed by atoms with Crippen LogP contribution in [0.5, 0.6) is 0 Å². The topological polar surface area (TPSA) is 89.3 Å². The van der Waals surface area contributed by atoms with Crippen molar-refractivity contribution in [2.45, 2.75) is 4.90 Å². The van der Waals surface area contributed by atoms with Crippen molar-refractivity contribution in [3.63, 3.8) is 0 Å². The normalized spacial score (nSPS) is 16.3. The second-order valence-corrected chi connectivity index (χ2v) is 8.53. The summed E-state index contributed by atoms with van der Waals surface area (Å²) in [6.07, 6.45) is 0. The van der Waals surface area contributed by atoms with Crippen LogP contribution >= 0.6 is 11.6 Å². The molecule has 3 aromatic rings. The molecule has 2 heterocycles. The number of nitrogens with zero attached hydrogens (tertiary/aromatic N) is 2. The minimum absolute atomic E-state index is 0.177. The number of aromatic amines is 2. The van der Waals surface area contributed by atoms with E-state index in [4.69, 9.17) is 11.6 Å². The Morgan fingerprint density at radius 3 is 2.38 bits per heavy atom. The van der Waals surface area contributed by atoms with E-state index in [9.17, 15) is 13.2 Å². The third-order valence-corrected chi connectivity index (χ3v) is 6.67. The molecule has 2 N–H and O–H groups in total. The molecule has 0 bridgehead atoms. The summed E-state index contributed by atoms with van der Waals surface area (Å²) in [7, 11) is -3.61. The van der Waals surface area contributed by atoms with E-state index in [0.717, 1.165) is 5.69 Å². The molecule has 0 spiro atoms. The van der Waals surface area contributed by atoms with Gasteiger partial charge in [0.1, 0.15) is 0 Å². The lowest BCUT2D eigenvalue weighted by molar-refractivity contribution is 0.385. The molecule has 0 unspecified atom stereocenters. The van der Waals surface area contributed by atoms with E-state index in [1.807, 2.05) is 24.3 Å². The zero-order valence-corrected chi connectivity index (χ0v) is 15.3. The van der Waals surface area contributed by atoms with Crippen LogP contribution in [0.4, 0.5) is 5.69 Å². The molecular formula is C17H17ClN4O3S. The Kier molecular flexibility index (Phi) is 4.26. The Hall–Kier alpha value is -2.29. The molecule has 0 atom stereocenters. The quantitative estimate of drug-likeness (QED) is 0.713. The Morgan fingerprint density at radius 1 is 0.923 bits per heavy atom. The van der Waals surface area contributed by atoms with Gasteiger partial charge in [-0.15, -0.1) is 0 Å². The van der Waals surface area contributed by atoms with Gasteiger partial charge in [-0.3, -0.25) is 0 Å². The van der Waals surface area contributed by atoms with E-state index in [-0.39, 0.29) is 10.6 Å². The summed E-state index contributed by atoms with van der Waals surface area (Å²) in [5, 5.41) is 0.659. The van der Waals surface area contributed by atoms with Gasteiger partial charge >= 0.3 is 5.69 Å². The van der Waals surface area contributed by atoms with Crippen molar-refractivity contribution in [2.75, 3.05) is 31.1 Å². The predicted octanol–water partition coefficient (Wildman–Crippen LogP) is 2.02. The summed E-state index contributed by atoms with van der Waals surface area (Å²) < 4.78 is 27.3. The van der Waals surface area contributed by atoms with Crippen LogP contribution in [0.15, 0.2) is 52.2 Å². The number of rotatable bonds is 3. The molecule has 0 saturated carbocycles. The van der Waals surface area contributed by atoms with E-state index in [1.165, 1.54) is 16.4 Å². The van der Waals surface area contributed by atoms with Gasteiger partial charge < -0.3 is 14.9 Å². The van der Waals surface area contributed by atoms with Crippen molar-refractivity contribution in [2.24, 2.45) is 0 Å². The molecule has 1 fully saturated rings. The van der Waals surface area contributed by atoms with Gasteiger partial charge in [-0.1, -0.05) is 17.7 Å². The smallest absolute Gasteiger partial charge is 0.323 e. The standard InChI is InChI=1S/C17H17ClN4O3S/c18-12-2-1-3-13(10-12)21-6-8-22(9-7-21)26(24,25)14-4-5-15-16(11-14)20-17(23)19-15/h1-5,10-11H,6-9H2,(H2,19,20,23). The Morgan fingerprint density at radius 2 is 1.65 bits per heavy atom. The van der Waals surface area contributed by atoms with E-state index in [0.29, 0.717) is 42.2 Å². The first-order valence-electron chi connectivity index (χ1n) is 8.16. The van der Waals surface area contributed by atoms with Crippen LogP contribution in [0.1, 0.15) is 0 Å². The number of imidazole rings is 1. The maximum atomic E-state index is 12.9. The highest BCUT2D eigenvalue weighted by atomic mass is 35.5. The number of halogens is 1. The molecular weight excluding hydrogens is 376 g/mol. The fourth-order valence-corrected chi connectivity index (χ4v) is 4.81. The number of piperazine rings is 1. The number of nitrogens with one attached hydrogen (secondary N) is 2. The highest BCUT2D eigenvalue weighted by Crippen LogP contribution is 2.24. The number of benzene rings is 2. The molecule has 26 heavy (non-hydrogen) atoms. The molecule has 2 aromatic carbocycles. The van der Waals surface area contributed by atoms with Crippen LogP contribution in [0.25, 0.3) is 11.0 Å². The molecule has 0 aliphatic carbocycles. The molecule has 7 nitrogen and oxygen atoms in total. The zero-order valence-electron chi connectivity index (χ0n) is 13.8. The second kappa shape index (κ2) is 6.46. The SMILES string of the molecule is O=c1[nH]c2ccc(S(=O)(=O)N3CCN(c4cccc(Cl)c4)CC3)cc2[nH]1. The predicted molar refractivity (Wildman–Crippen MR) is 101 cm³/mol. The van der Waals surface area contributed by atoms with E-state index in [1.54, 1.807) is 6.07 Å².